The van der Waals surface area contributed by atoms with Crippen LogP contribution in [0.5, 0.6) is 0 Å². The Morgan fingerprint density at radius 2 is 2.18 bits per heavy atom. The van der Waals surface area contributed by atoms with Gasteiger partial charge in [0.1, 0.15) is 5.82 Å². The van der Waals surface area contributed by atoms with Crippen molar-refractivity contribution in [3.05, 3.63) is 34.1 Å². The molecule has 1 rings (SSSR count). The zero-order chi connectivity index (χ0) is 12.7. The second kappa shape index (κ2) is 7.40. The molecule has 0 saturated heterocycles. The third kappa shape index (κ3) is 4.83. The van der Waals surface area contributed by atoms with Gasteiger partial charge in [-0.3, -0.25) is 4.79 Å². The van der Waals surface area contributed by atoms with E-state index in [-0.39, 0.29) is 5.91 Å². The van der Waals surface area contributed by atoms with Crippen LogP contribution in [0.15, 0.2) is 22.7 Å². The van der Waals surface area contributed by atoms with Crippen LogP contribution in [0.25, 0.3) is 0 Å². The van der Waals surface area contributed by atoms with E-state index >= 15 is 0 Å². The fraction of sp³-hybridized carbons (Fsp3) is 0.417. The van der Waals surface area contributed by atoms with Crippen LogP contribution in [0.4, 0.5) is 4.39 Å². The largest absolute Gasteiger partial charge is 0.352 e. The highest BCUT2D eigenvalue weighted by atomic mass is 79.9. The molecule has 0 fully saturated rings. The molecule has 0 atom stereocenters. The van der Waals surface area contributed by atoms with Crippen molar-refractivity contribution in [3.8, 4) is 0 Å². The average Bonchev–Trinajstić information content (AvgIpc) is 2.32. The average molecular weight is 303 g/mol. The molecule has 0 saturated carbocycles. The first-order valence-electron chi connectivity index (χ1n) is 5.59. The Labute approximate surface area is 109 Å². The van der Waals surface area contributed by atoms with E-state index in [1.165, 1.54) is 18.2 Å². The topological polar surface area (TPSA) is 41.1 Å². The Kier molecular flexibility index (Phi) is 6.15. The van der Waals surface area contributed by atoms with Crippen molar-refractivity contribution in [2.24, 2.45) is 0 Å². The maximum atomic E-state index is 13.0. The number of hydrogen-bond donors (Lipinski definition) is 2. The molecule has 0 aliphatic heterocycles. The van der Waals surface area contributed by atoms with E-state index in [0.29, 0.717) is 16.6 Å². The minimum absolute atomic E-state index is 0.257. The summed E-state index contributed by atoms with van der Waals surface area (Å²) in [7, 11) is 0. The zero-order valence-electron chi connectivity index (χ0n) is 9.72. The maximum absolute atomic E-state index is 13.0. The van der Waals surface area contributed by atoms with Crippen LogP contribution in [0, 0.1) is 5.82 Å². The van der Waals surface area contributed by atoms with Gasteiger partial charge in [0.2, 0.25) is 0 Å². The second-order valence-corrected chi connectivity index (χ2v) is 4.44. The number of benzene rings is 1. The smallest absolute Gasteiger partial charge is 0.252 e. The molecule has 0 aliphatic carbocycles. The quantitative estimate of drug-likeness (QED) is 0.792. The van der Waals surface area contributed by atoms with Crippen LogP contribution in [-0.2, 0) is 0 Å². The highest BCUT2D eigenvalue weighted by Crippen LogP contribution is 2.17. The summed E-state index contributed by atoms with van der Waals surface area (Å²) in [5, 5.41) is 5.91. The molecule has 0 aliphatic rings. The van der Waals surface area contributed by atoms with E-state index in [4.69, 9.17) is 0 Å². The molecule has 3 nitrogen and oxygen atoms in total. The van der Waals surface area contributed by atoms with E-state index in [1.807, 2.05) is 6.92 Å². The summed E-state index contributed by atoms with van der Waals surface area (Å²) >= 11 is 3.23. The summed E-state index contributed by atoms with van der Waals surface area (Å²) in [5.41, 5.74) is 0.327. The predicted octanol–water partition coefficient (Wildman–Crippen LogP) is 2.32. The lowest BCUT2D eigenvalue weighted by Gasteiger charge is -2.07. The molecule has 0 unspecified atom stereocenters. The third-order valence-electron chi connectivity index (χ3n) is 2.24. The van der Waals surface area contributed by atoms with Crippen molar-refractivity contribution < 1.29 is 9.18 Å². The summed E-state index contributed by atoms with van der Waals surface area (Å²) < 4.78 is 13.6. The van der Waals surface area contributed by atoms with Crippen LogP contribution in [0.3, 0.4) is 0 Å². The fourth-order valence-electron chi connectivity index (χ4n) is 1.36. The van der Waals surface area contributed by atoms with Crippen molar-refractivity contribution in [2.45, 2.75) is 13.3 Å². The summed E-state index contributed by atoms with van der Waals surface area (Å²) in [6.07, 6.45) is 0.854. The summed E-state index contributed by atoms with van der Waals surface area (Å²) in [6, 6.07) is 4.07. The third-order valence-corrected chi connectivity index (χ3v) is 2.93. The minimum atomic E-state index is -0.411. The number of carbonyl (C=O) groups excluding carboxylic acids is 1. The van der Waals surface area contributed by atoms with Crippen molar-refractivity contribution in [1.82, 2.24) is 10.6 Å². The van der Waals surface area contributed by atoms with Crippen LogP contribution >= 0.6 is 15.9 Å². The van der Waals surface area contributed by atoms with Crippen LogP contribution < -0.4 is 10.6 Å². The lowest BCUT2D eigenvalue weighted by atomic mass is 10.2. The molecular formula is C12H16BrFN2O. The molecule has 0 spiro atoms. The van der Waals surface area contributed by atoms with Gasteiger partial charge in [-0.15, -0.1) is 0 Å². The SMILES string of the molecule is CCNCCCNC(=O)c1cc(F)ccc1Br. The van der Waals surface area contributed by atoms with E-state index in [0.717, 1.165) is 19.5 Å². The van der Waals surface area contributed by atoms with Crippen LogP contribution in [-0.4, -0.2) is 25.5 Å². The highest BCUT2D eigenvalue weighted by Gasteiger charge is 2.10. The van der Waals surface area contributed by atoms with Gasteiger partial charge in [-0.2, -0.15) is 0 Å². The molecule has 5 heteroatoms. The Hall–Kier alpha value is -0.940. The van der Waals surface area contributed by atoms with Gasteiger partial charge < -0.3 is 10.6 Å². The zero-order valence-corrected chi connectivity index (χ0v) is 11.3. The molecule has 0 aromatic heterocycles. The van der Waals surface area contributed by atoms with Crippen LogP contribution in [0.1, 0.15) is 23.7 Å². The fourth-order valence-corrected chi connectivity index (χ4v) is 1.79. The van der Waals surface area contributed by atoms with Gasteiger partial charge >= 0.3 is 0 Å². The van der Waals surface area contributed by atoms with Gasteiger partial charge in [-0.1, -0.05) is 6.92 Å². The molecule has 0 radical (unpaired) electrons. The molecule has 1 aromatic rings. The van der Waals surface area contributed by atoms with Crippen molar-refractivity contribution in [2.75, 3.05) is 19.6 Å². The number of rotatable bonds is 6. The second-order valence-electron chi connectivity index (χ2n) is 3.59. The first-order chi connectivity index (χ1) is 8.15. The Morgan fingerprint density at radius 3 is 2.88 bits per heavy atom. The number of amides is 1. The van der Waals surface area contributed by atoms with Gasteiger partial charge in [0.15, 0.2) is 0 Å². The van der Waals surface area contributed by atoms with E-state index in [2.05, 4.69) is 26.6 Å². The highest BCUT2D eigenvalue weighted by molar-refractivity contribution is 9.10. The maximum Gasteiger partial charge on any atom is 0.252 e. The number of halogens is 2. The predicted molar refractivity (Wildman–Crippen MR) is 69.6 cm³/mol. The van der Waals surface area contributed by atoms with Crippen molar-refractivity contribution in [1.29, 1.82) is 0 Å². The minimum Gasteiger partial charge on any atom is -0.352 e. The monoisotopic (exact) mass is 302 g/mol. The normalized spacial score (nSPS) is 10.3. The van der Waals surface area contributed by atoms with Gasteiger partial charge in [-0.25, -0.2) is 4.39 Å². The van der Waals surface area contributed by atoms with E-state index in [1.54, 1.807) is 0 Å². The van der Waals surface area contributed by atoms with Crippen molar-refractivity contribution >= 4 is 21.8 Å². The lowest BCUT2D eigenvalue weighted by Crippen LogP contribution is -2.27. The van der Waals surface area contributed by atoms with Gasteiger partial charge in [0.05, 0.1) is 5.56 Å². The van der Waals surface area contributed by atoms with Gasteiger partial charge in [0, 0.05) is 11.0 Å². The van der Waals surface area contributed by atoms with E-state index < -0.39 is 5.82 Å². The summed E-state index contributed by atoms with van der Waals surface area (Å²) in [4.78, 5) is 11.7. The molecule has 1 amide bonds. The first kappa shape index (κ1) is 14.1. The summed E-state index contributed by atoms with van der Waals surface area (Å²) in [6.45, 7) is 4.39. The molecule has 94 valence electrons. The Balaban J connectivity index is 2.44. The molecule has 0 heterocycles. The standard InChI is InChI=1S/C12H16BrFN2O/c1-2-15-6-3-7-16-12(17)10-8-9(14)4-5-11(10)13/h4-5,8,15H,2-3,6-7H2,1H3,(H,16,17). The number of nitrogens with one attached hydrogen (secondary N) is 2. The van der Waals surface area contributed by atoms with Crippen LogP contribution in [0.2, 0.25) is 0 Å². The van der Waals surface area contributed by atoms with E-state index in [9.17, 15) is 9.18 Å². The number of carbonyl (C=O) groups is 1. The van der Waals surface area contributed by atoms with Crippen molar-refractivity contribution in [3.63, 3.8) is 0 Å². The molecule has 2 N–H and O–H groups in total. The lowest BCUT2D eigenvalue weighted by molar-refractivity contribution is 0.0952. The molecule has 17 heavy (non-hydrogen) atoms. The van der Waals surface area contributed by atoms with Gasteiger partial charge in [0.25, 0.3) is 5.91 Å². The Morgan fingerprint density at radius 1 is 1.41 bits per heavy atom. The van der Waals surface area contributed by atoms with Gasteiger partial charge in [-0.05, 0) is 53.6 Å². The Bertz CT molecular complexity index is 385. The molecule has 0 bridgehead atoms. The summed E-state index contributed by atoms with van der Waals surface area (Å²) in [5.74, 6) is -0.668. The molecular weight excluding hydrogens is 287 g/mol. The number of hydrogen-bond acceptors (Lipinski definition) is 2. The molecule has 1 aromatic carbocycles. The first-order valence-corrected chi connectivity index (χ1v) is 6.38.